The van der Waals surface area contributed by atoms with Gasteiger partial charge in [-0.15, -0.1) is 6.58 Å². The minimum absolute atomic E-state index is 0.0693. The van der Waals surface area contributed by atoms with E-state index in [1.165, 1.54) is 96.3 Å². The Morgan fingerprint density at radius 1 is 0.774 bits per heavy atom. The molecule has 1 rings (SSSR count). The van der Waals surface area contributed by atoms with E-state index in [0.717, 1.165) is 12.8 Å². The molecule has 5 heteroatoms. The molecule has 31 heavy (non-hydrogen) atoms. The van der Waals surface area contributed by atoms with Crippen molar-refractivity contribution in [3.63, 3.8) is 0 Å². The first-order chi connectivity index (χ1) is 15.2. The van der Waals surface area contributed by atoms with Gasteiger partial charge in [-0.1, -0.05) is 96.0 Å². The first-order valence-electron chi connectivity index (χ1n) is 13.0. The number of hydrogen-bond donors (Lipinski definition) is 3. The number of unbranched alkanes of at least 4 members (excludes halogenated alkanes) is 16. The van der Waals surface area contributed by atoms with Gasteiger partial charge in [-0.25, -0.2) is 0 Å². The van der Waals surface area contributed by atoms with Gasteiger partial charge >= 0.3 is 0 Å². The molecule has 0 aromatic heterocycles. The first-order valence-corrected chi connectivity index (χ1v) is 13.0. The van der Waals surface area contributed by atoms with Crippen LogP contribution in [0.1, 0.15) is 109 Å². The summed E-state index contributed by atoms with van der Waals surface area (Å²) < 4.78 is 10.7. The van der Waals surface area contributed by atoms with Gasteiger partial charge in [0, 0.05) is 6.61 Å². The summed E-state index contributed by atoms with van der Waals surface area (Å²) in [5, 5.41) is 29.1. The minimum Gasteiger partial charge on any atom is -0.388 e. The number of rotatable bonds is 22. The van der Waals surface area contributed by atoms with Crippen LogP contribution >= 0.6 is 0 Å². The number of aliphatic hydroxyl groups excluding tert-OH is 3. The van der Waals surface area contributed by atoms with E-state index in [1.807, 2.05) is 6.08 Å². The lowest BCUT2D eigenvalue weighted by molar-refractivity contribution is -0.0813. The molecule has 4 atom stereocenters. The van der Waals surface area contributed by atoms with E-state index < -0.39 is 24.4 Å². The third-order valence-corrected chi connectivity index (χ3v) is 6.31. The molecule has 3 N–H and O–H groups in total. The van der Waals surface area contributed by atoms with Gasteiger partial charge in [-0.3, -0.25) is 0 Å². The lowest BCUT2D eigenvalue weighted by Gasteiger charge is -2.20. The van der Waals surface area contributed by atoms with E-state index in [4.69, 9.17) is 9.47 Å². The topological polar surface area (TPSA) is 79.2 Å². The molecule has 0 aromatic carbocycles. The molecule has 1 aliphatic heterocycles. The van der Waals surface area contributed by atoms with E-state index in [-0.39, 0.29) is 13.2 Å². The average molecular weight is 443 g/mol. The van der Waals surface area contributed by atoms with Crippen molar-refractivity contribution in [3.05, 3.63) is 12.7 Å². The van der Waals surface area contributed by atoms with Gasteiger partial charge in [0.15, 0.2) is 0 Å². The number of allylic oxidation sites excluding steroid dienone is 1. The zero-order chi connectivity index (χ0) is 22.6. The second-order valence-electron chi connectivity index (χ2n) is 9.23. The van der Waals surface area contributed by atoms with Crippen molar-refractivity contribution in [1.82, 2.24) is 0 Å². The summed E-state index contributed by atoms with van der Waals surface area (Å²) in [6.45, 7) is 4.60. The lowest BCUT2D eigenvalue weighted by atomic mass is 10.0. The Morgan fingerprint density at radius 3 is 1.65 bits per heavy atom. The summed E-state index contributed by atoms with van der Waals surface area (Å²) in [5.41, 5.74) is 0. The van der Waals surface area contributed by atoms with Gasteiger partial charge in [-0.2, -0.15) is 0 Å². The van der Waals surface area contributed by atoms with Crippen LogP contribution < -0.4 is 0 Å². The summed E-state index contributed by atoms with van der Waals surface area (Å²) >= 11 is 0. The van der Waals surface area contributed by atoms with E-state index in [0.29, 0.717) is 6.61 Å². The minimum atomic E-state index is -1.03. The molecule has 0 spiro atoms. The van der Waals surface area contributed by atoms with Gasteiger partial charge in [0.25, 0.3) is 0 Å². The molecule has 184 valence electrons. The molecule has 0 bridgehead atoms. The highest BCUT2D eigenvalue weighted by Crippen LogP contribution is 2.18. The van der Waals surface area contributed by atoms with Crippen LogP contribution in [-0.4, -0.2) is 59.6 Å². The first kappa shape index (κ1) is 28.6. The molecule has 1 fully saturated rings. The second-order valence-corrected chi connectivity index (χ2v) is 9.23. The maximum atomic E-state index is 9.96. The van der Waals surface area contributed by atoms with Gasteiger partial charge in [-0.05, 0) is 19.3 Å². The second kappa shape index (κ2) is 20.2. The molecule has 1 aliphatic rings. The highest BCUT2D eigenvalue weighted by molar-refractivity contribution is 4.87. The average Bonchev–Trinajstić information content (AvgIpc) is 3.10. The Labute approximate surface area is 191 Å². The van der Waals surface area contributed by atoms with Crippen molar-refractivity contribution in [2.75, 3.05) is 19.8 Å². The third kappa shape index (κ3) is 15.1. The molecule has 0 aliphatic carbocycles. The molecule has 1 heterocycles. The van der Waals surface area contributed by atoms with Gasteiger partial charge in [0.1, 0.15) is 24.4 Å². The summed E-state index contributed by atoms with van der Waals surface area (Å²) in [6.07, 6.45) is 20.9. The fourth-order valence-electron chi connectivity index (χ4n) is 4.23. The van der Waals surface area contributed by atoms with Gasteiger partial charge < -0.3 is 24.8 Å². The SMILES string of the molecule is C=CCCCCCCCCCCCCCCCCCCOC[C@H](O)[C@H]1OC[C@@H](O)[C@H]1O. The third-order valence-electron chi connectivity index (χ3n) is 6.31. The molecule has 0 radical (unpaired) electrons. The quantitative estimate of drug-likeness (QED) is 0.157. The molecular formula is C26H50O5. The van der Waals surface area contributed by atoms with E-state index in [1.54, 1.807) is 0 Å². The van der Waals surface area contributed by atoms with Gasteiger partial charge in [0.05, 0.1) is 13.2 Å². The Kier molecular flexibility index (Phi) is 18.6. The van der Waals surface area contributed by atoms with Crippen molar-refractivity contribution in [1.29, 1.82) is 0 Å². The summed E-state index contributed by atoms with van der Waals surface area (Å²) in [5.74, 6) is 0. The maximum Gasteiger partial charge on any atom is 0.114 e. The van der Waals surface area contributed by atoms with E-state index in [2.05, 4.69) is 6.58 Å². The van der Waals surface area contributed by atoms with Crippen molar-refractivity contribution in [2.45, 2.75) is 134 Å². The predicted molar refractivity (Wildman–Crippen MR) is 127 cm³/mol. The molecular weight excluding hydrogens is 392 g/mol. The highest BCUT2D eigenvalue weighted by atomic mass is 16.5. The number of aliphatic hydroxyl groups is 3. The molecule has 1 saturated heterocycles. The largest absolute Gasteiger partial charge is 0.388 e. The summed E-state index contributed by atoms with van der Waals surface area (Å²) in [4.78, 5) is 0. The standard InChI is InChI=1S/C26H50O5/c1-2-3-4-5-6-7-8-9-10-11-12-13-14-15-16-17-18-19-20-30-21-24(28)26-25(29)23(27)22-31-26/h2,23-29H,1,3-22H2/t23-,24+,25-,26-/m1/s1. The Bertz CT molecular complexity index is 403. The zero-order valence-electron chi connectivity index (χ0n) is 19.9. The van der Waals surface area contributed by atoms with E-state index in [9.17, 15) is 15.3 Å². The number of ether oxygens (including phenoxy) is 2. The molecule has 0 amide bonds. The normalized spacial score (nSPS) is 22.1. The maximum absolute atomic E-state index is 9.96. The Morgan fingerprint density at radius 2 is 1.23 bits per heavy atom. The lowest BCUT2D eigenvalue weighted by Crippen LogP contribution is -2.40. The van der Waals surface area contributed by atoms with Crippen molar-refractivity contribution in [3.8, 4) is 0 Å². The van der Waals surface area contributed by atoms with Crippen LogP contribution in [0.5, 0.6) is 0 Å². The van der Waals surface area contributed by atoms with E-state index >= 15 is 0 Å². The fraction of sp³-hybridized carbons (Fsp3) is 0.923. The van der Waals surface area contributed by atoms with Gasteiger partial charge in [0.2, 0.25) is 0 Å². The fourth-order valence-corrected chi connectivity index (χ4v) is 4.23. The molecule has 0 unspecified atom stereocenters. The van der Waals surface area contributed by atoms with Crippen LogP contribution in [0.4, 0.5) is 0 Å². The van der Waals surface area contributed by atoms with Crippen LogP contribution in [0, 0.1) is 0 Å². The Balaban J connectivity index is 1.72. The molecule has 0 aromatic rings. The predicted octanol–water partition coefficient (Wildman–Crippen LogP) is 5.30. The smallest absolute Gasteiger partial charge is 0.114 e. The highest BCUT2D eigenvalue weighted by Gasteiger charge is 2.39. The van der Waals surface area contributed by atoms with Crippen molar-refractivity contribution < 1.29 is 24.8 Å². The van der Waals surface area contributed by atoms with Crippen LogP contribution in [0.25, 0.3) is 0 Å². The zero-order valence-corrected chi connectivity index (χ0v) is 19.9. The monoisotopic (exact) mass is 442 g/mol. The van der Waals surface area contributed by atoms with Crippen LogP contribution in [0.15, 0.2) is 12.7 Å². The summed E-state index contributed by atoms with van der Waals surface area (Å²) in [6, 6.07) is 0. The van der Waals surface area contributed by atoms with Crippen LogP contribution in [0.2, 0.25) is 0 Å². The van der Waals surface area contributed by atoms with Crippen molar-refractivity contribution >= 4 is 0 Å². The molecule has 0 saturated carbocycles. The molecule has 5 nitrogen and oxygen atoms in total. The van der Waals surface area contributed by atoms with Crippen molar-refractivity contribution in [2.24, 2.45) is 0 Å². The number of hydrogen-bond acceptors (Lipinski definition) is 5. The van der Waals surface area contributed by atoms with Crippen LogP contribution in [0.3, 0.4) is 0 Å². The Hall–Kier alpha value is -0.460. The summed E-state index contributed by atoms with van der Waals surface area (Å²) in [7, 11) is 0. The van der Waals surface area contributed by atoms with Crippen LogP contribution in [-0.2, 0) is 9.47 Å².